The van der Waals surface area contributed by atoms with Crippen LogP contribution in [0, 0.1) is 5.92 Å². The molecule has 166 valence electrons. The molecule has 0 aliphatic heterocycles. The summed E-state index contributed by atoms with van der Waals surface area (Å²) < 4.78 is 29.6. The van der Waals surface area contributed by atoms with Crippen LogP contribution in [0.15, 0.2) is 97.6 Å². The van der Waals surface area contributed by atoms with Gasteiger partial charge in [0, 0.05) is 11.5 Å². The second-order valence-electron chi connectivity index (χ2n) is 7.86. The van der Waals surface area contributed by atoms with Gasteiger partial charge in [-0.25, -0.2) is 8.78 Å². The van der Waals surface area contributed by atoms with E-state index >= 15 is 0 Å². The van der Waals surface area contributed by atoms with E-state index in [1.54, 1.807) is 48.5 Å². The van der Waals surface area contributed by atoms with E-state index in [2.05, 4.69) is 11.9 Å². The Labute approximate surface area is 187 Å². The summed E-state index contributed by atoms with van der Waals surface area (Å²) in [4.78, 5) is 12.9. The van der Waals surface area contributed by atoms with Crippen molar-refractivity contribution in [3.63, 3.8) is 0 Å². The van der Waals surface area contributed by atoms with Crippen LogP contribution in [0.5, 0.6) is 0 Å². The molecular formula is C27H27F2NO2. The average Bonchev–Trinajstić information content (AvgIpc) is 2.83. The van der Waals surface area contributed by atoms with Crippen molar-refractivity contribution in [3.05, 3.63) is 109 Å². The minimum atomic E-state index is -3.45. The molecule has 0 saturated carbocycles. The fraction of sp³-hybridized carbons (Fsp3) is 0.222. The second kappa shape index (κ2) is 10.3. The monoisotopic (exact) mass is 435 g/mol. The summed E-state index contributed by atoms with van der Waals surface area (Å²) >= 11 is 0. The quantitative estimate of drug-likeness (QED) is 0.435. The topological polar surface area (TPSA) is 49.3 Å². The van der Waals surface area contributed by atoms with Gasteiger partial charge in [0.1, 0.15) is 6.10 Å². The van der Waals surface area contributed by atoms with E-state index in [4.69, 9.17) is 0 Å². The summed E-state index contributed by atoms with van der Waals surface area (Å²) in [6.07, 6.45) is -0.911. The molecular weight excluding hydrogens is 408 g/mol. The first kappa shape index (κ1) is 23.4. The van der Waals surface area contributed by atoms with E-state index < -0.39 is 29.9 Å². The van der Waals surface area contributed by atoms with Crippen molar-refractivity contribution in [1.82, 2.24) is 5.32 Å². The van der Waals surface area contributed by atoms with E-state index in [-0.39, 0.29) is 6.42 Å². The first-order chi connectivity index (χ1) is 15.3. The maximum atomic E-state index is 14.8. The van der Waals surface area contributed by atoms with Gasteiger partial charge in [0.2, 0.25) is 0 Å². The number of hydrogen-bond acceptors (Lipinski definition) is 2. The molecule has 0 radical (unpaired) electrons. The van der Waals surface area contributed by atoms with Crippen LogP contribution in [-0.4, -0.2) is 29.1 Å². The Bertz CT molecular complexity index is 1020. The number of nitrogens with one attached hydrogen (secondary N) is 1. The number of carbonyl (C=O) groups is 1. The zero-order valence-corrected chi connectivity index (χ0v) is 17.9. The maximum Gasteiger partial charge on any atom is 0.281 e. The van der Waals surface area contributed by atoms with Crippen molar-refractivity contribution >= 4 is 5.91 Å². The van der Waals surface area contributed by atoms with E-state index in [0.29, 0.717) is 5.56 Å². The molecule has 32 heavy (non-hydrogen) atoms. The number of rotatable bonds is 9. The summed E-state index contributed by atoms with van der Waals surface area (Å²) in [6, 6.07) is 24.4. The molecule has 3 unspecified atom stereocenters. The SMILES string of the molecule is C=CC(C)C(F)(F)C(O)C(Cc1ccccc1)NC(=O)c1ccc(-c2ccccc2)cc1. The van der Waals surface area contributed by atoms with Gasteiger partial charge >= 0.3 is 0 Å². The molecule has 0 aromatic heterocycles. The predicted octanol–water partition coefficient (Wildman–Crippen LogP) is 5.51. The fourth-order valence-corrected chi connectivity index (χ4v) is 3.50. The van der Waals surface area contributed by atoms with Crippen LogP contribution in [0.2, 0.25) is 0 Å². The van der Waals surface area contributed by atoms with Gasteiger partial charge < -0.3 is 10.4 Å². The van der Waals surface area contributed by atoms with Gasteiger partial charge in [-0.1, -0.05) is 85.8 Å². The van der Waals surface area contributed by atoms with Gasteiger partial charge in [-0.15, -0.1) is 6.58 Å². The van der Waals surface area contributed by atoms with E-state index in [1.165, 1.54) is 6.92 Å². The van der Waals surface area contributed by atoms with Crippen LogP contribution in [0.1, 0.15) is 22.8 Å². The van der Waals surface area contributed by atoms with Gasteiger partial charge in [0.05, 0.1) is 6.04 Å². The Balaban J connectivity index is 1.82. The molecule has 3 rings (SSSR count). The minimum Gasteiger partial charge on any atom is -0.385 e. The summed E-state index contributed by atoms with van der Waals surface area (Å²) in [6.45, 7) is 4.71. The Morgan fingerprint density at radius 2 is 1.50 bits per heavy atom. The summed E-state index contributed by atoms with van der Waals surface area (Å²) in [5.74, 6) is -5.23. The third kappa shape index (κ3) is 5.48. The fourth-order valence-electron chi connectivity index (χ4n) is 3.50. The smallest absolute Gasteiger partial charge is 0.281 e. The molecule has 5 heteroatoms. The molecule has 2 N–H and O–H groups in total. The molecule has 0 fully saturated rings. The van der Waals surface area contributed by atoms with Crippen molar-refractivity contribution in [2.24, 2.45) is 5.92 Å². The van der Waals surface area contributed by atoms with Crippen LogP contribution in [0.25, 0.3) is 11.1 Å². The molecule has 0 heterocycles. The Morgan fingerprint density at radius 1 is 0.969 bits per heavy atom. The van der Waals surface area contributed by atoms with Crippen LogP contribution >= 0.6 is 0 Å². The highest BCUT2D eigenvalue weighted by Crippen LogP contribution is 2.32. The highest BCUT2D eigenvalue weighted by Gasteiger charge is 2.47. The molecule has 3 aromatic carbocycles. The highest BCUT2D eigenvalue weighted by atomic mass is 19.3. The number of carbonyl (C=O) groups excluding carboxylic acids is 1. The molecule has 3 nitrogen and oxygen atoms in total. The van der Waals surface area contributed by atoms with Crippen LogP contribution in [0.3, 0.4) is 0 Å². The summed E-state index contributed by atoms with van der Waals surface area (Å²) in [7, 11) is 0. The lowest BCUT2D eigenvalue weighted by Crippen LogP contribution is -2.54. The van der Waals surface area contributed by atoms with E-state index in [9.17, 15) is 18.7 Å². The minimum absolute atomic E-state index is 0.0648. The molecule has 3 aromatic rings. The van der Waals surface area contributed by atoms with Crippen LogP contribution in [0.4, 0.5) is 8.78 Å². The number of allylic oxidation sites excluding steroid dienone is 1. The van der Waals surface area contributed by atoms with E-state index in [0.717, 1.165) is 22.8 Å². The van der Waals surface area contributed by atoms with Crippen LogP contribution in [-0.2, 0) is 6.42 Å². The highest BCUT2D eigenvalue weighted by molar-refractivity contribution is 5.95. The number of amides is 1. The van der Waals surface area contributed by atoms with Gasteiger partial charge in [-0.3, -0.25) is 4.79 Å². The lowest BCUT2D eigenvalue weighted by Gasteiger charge is -2.33. The normalized spacial score (nSPS) is 14.2. The average molecular weight is 436 g/mol. The molecule has 0 bridgehead atoms. The number of aliphatic hydroxyl groups excluding tert-OH is 1. The molecule has 0 aliphatic carbocycles. The predicted molar refractivity (Wildman–Crippen MR) is 124 cm³/mol. The number of halogens is 2. The number of benzene rings is 3. The summed E-state index contributed by atoms with van der Waals surface area (Å²) in [5.41, 5.74) is 3.01. The lowest BCUT2D eigenvalue weighted by atomic mass is 9.90. The van der Waals surface area contributed by atoms with Crippen LogP contribution < -0.4 is 5.32 Å². The maximum absolute atomic E-state index is 14.8. The Morgan fingerprint density at radius 3 is 2.06 bits per heavy atom. The van der Waals surface area contributed by atoms with Gasteiger partial charge in [0.25, 0.3) is 11.8 Å². The first-order valence-electron chi connectivity index (χ1n) is 10.5. The van der Waals surface area contributed by atoms with Crippen molar-refractivity contribution < 1.29 is 18.7 Å². The largest absolute Gasteiger partial charge is 0.385 e. The van der Waals surface area contributed by atoms with Crippen molar-refractivity contribution in [2.75, 3.05) is 0 Å². The molecule has 1 amide bonds. The first-order valence-corrected chi connectivity index (χ1v) is 10.5. The Hall–Kier alpha value is -3.31. The third-order valence-corrected chi connectivity index (χ3v) is 5.61. The zero-order chi connectivity index (χ0) is 23.1. The molecule has 0 spiro atoms. The van der Waals surface area contributed by atoms with Gasteiger partial charge in [-0.05, 0) is 35.2 Å². The standard InChI is InChI=1S/C27H27F2NO2/c1-3-19(2)27(28,29)25(31)24(18-20-10-6-4-7-11-20)30-26(32)23-16-14-22(15-17-23)21-12-8-5-9-13-21/h3-17,19,24-25,31H,1,18H2,2H3,(H,30,32). The Kier molecular flexibility index (Phi) is 7.54. The molecule has 0 aliphatic rings. The lowest BCUT2D eigenvalue weighted by molar-refractivity contribution is -0.142. The van der Waals surface area contributed by atoms with Crippen molar-refractivity contribution in [1.29, 1.82) is 0 Å². The van der Waals surface area contributed by atoms with Crippen molar-refractivity contribution in [3.8, 4) is 11.1 Å². The molecule has 0 saturated heterocycles. The van der Waals surface area contributed by atoms with Gasteiger partial charge in [-0.2, -0.15) is 0 Å². The van der Waals surface area contributed by atoms with E-state index in [1.807, 2.05) is 36.4 Å². The third-order valence-electron chi connectivity index (χ3n) is 5.61. The number of alkyl halides is 2. The van der Waals surface area contributed by atoms with Crippen molar-refractivity contribution in [2.45, 2.75) is 31.4 Å². The van der Waals surface area contributed by atoms with Gasteiger partial charge in [0.15, 0.2) is 0 Å². The number of aliphatic hydroxyl groups is 1. The second-order valence-corrected chi connectivity index (χ2v) is 7.86. The zero-order valence-electron chi connectivity index (χ0n) is 17.9. The number of hydrogen-bond donors (Lipinski definition) is 2. The summed E-state index contributed by atoms with van der Waals surface area (Å²) in [5, 5.41) is 13.2. The molecule has 3 atom stereocenters.